The Morgan fingerprint density at radius 2 is 2.08 bits per heavy atom. The zero-order valence-corrected chi connectivity index (χ0v) is 13.4. The van der Waals surface area contributed by atoms with Gasteiger partial charge in [0.25, 0.3) is 0 Å². The molecule has 1 aliphatic heterocycles. The quantitative estimate of drug-likeness (QED) is 0.858. The van der Waals surface area contributed by atoms with Crippen molar-refractivity contribution >= 4 is 0 Å². The Kier molecular flexibility index (Phi) is 4.72. The largest absolute Gasteiger partial charge is 0.435 e. The zero-order chi connectivity index (χ0) is 17.2. The molecule has 24 heavy (non-hydrogen) atoms. The molecule has 3 rings (SSSR count). The minimum atomic E-state index is -2.84. The Labute approximate surface area is 138 Å². The molecular formula is C15H20F2N6O. The molecule has 1 unspecified atom stereocenters. The molecule has 0 aliphatic carbocycles. The van der Waals surface area contributed by atoms with Crippen LogP contribution in [0, 0.1) is 5.41 Å². The lowest BCUT2D eigenvalue weighted by Crippen LogP contribution is -2.31. The van der Waals surface area contributed by atoms with Crippen LogP contribution in [-0.2, 0) is 6.54 Å². The maximum absolute atomic E-state index is 12.2. The summed E-state index contributed by atoms with van der Waals surface area (Å²) in [7, 11) is 0. The molecule has 1 fully saturated rings. The van der Waals surface area contributed by atoms with E-state index >= 15 is 0 Å². The van der Waals surface area contributed by atoms with E-state index in [1.54, 1.807) is 16.8 Å². The number of likely N-dealkylation sites (tertiary alicyclic amines) is 1. The van der Waals surface area contributed by atoms with Crippen LogP contribution in [0.4, 0.5) is 8.78 Å². The standard InChI is InChI=1S/C15H20F2N6O/c1-15(9-18)6-7-22(10-15)8-13-19-20-21-23(13)11-2-4-12(5-3-11)24-14(16)17/h2-5,14H,6-10,18H2,1H3. The Morgan fingerprint density at radius 3 is 2.71 bits per heavy atom. The minimum Gasteiger partial charge on any atom is -0.435 e. The van der Waals surface area contributed by atoms with Crippen LogP contribution in [-0.4, -0.2) is 51.4 Å². The van der Waals surface area contributed by atoms with Crippen molar-refractivity contribution in [2.24, 2.45) is 11.1 Å². The highest BCUT2D eigenvalue weighted by molar-refractivity contribution is 5.37. The van der Waals surface area contributed by atoms with Gasteiger partial charge in [-0.15, -0.1) is 5.10 Å². The van der Waals surface area contributed by atoms with Gasteiger partial charge in [0.15, 0.2) is 5.82 Å². The number of hydrogen-bond donors (Lipinski definition) is 1. The summed E-state index contributed by atoms with van der Waals surface area (Å²) in [6, 6.07) is 6.22. The Hall–Kier alpha value is -2.13. The number of nitrogens with zero attached hydrogens (tertiary/aromatic N) is 5. The lowest BCUT2D eigenvalue weighted by molar-refractivity contribution is -0.0498. The first-order valence-corrected chi connectivity index (χ1v) is 7.74. The van der Waals surface area contributed by atoms with Crippen molar-refractivity contribution in [3.8, 4) is 11.4 Å². The van der Waals surface area contributed by atoms with Gasteiger partial charge in [-0.1, -0.05) is 6.92 Å². The van der Waals surface area contributed by atoms with Crippen molar-refractivity contribution in [1.29, 1.82) is 0 Å². The molecule has 9 heteroatoms. The molecule has 1 atom stereocenters. The van der Waals surface area contributed by atoms with E-state index < -0.39 is 6.61 Å². The zero-order valence-electron chi connectivity index (χ0n) is 13.4. The van der Waals surface area contributed by atoms with Gasteiger partial charge in [0.05, 0.1) is 12.2 Å². The van der Waals surface area contributed by atoms with Crippen LogP contribution in [0.1, 0.15) is 19.2 Å². The molecule has 1 saturated heterocycles. The molecule has 0 spiro atoms. The number of aromatic nitrogens is 4. The number of alkyl halides is 2. The van der Waals surface area contributed by atoms with Gasteiger partial charge in [-0.3, -0.25) is 4.90 Å². The first-order valence-electron chi connectivity index (χ1n) is 7.74. The molecule has 0 amide bonds. The number of hydrogen-bond acceptors (Lipinski definition) is 6. The van der Waals surface area contributed by atoms with Crippen LogP contribution in [0.5, 0.6) is 5.75 Å². The topological polar surface area (TPSA) is 82.1 Å². The molecule has 2 heterocycles. The molecule has 1 aliphatic rings. The van der Waals surface area contributed by atoms with Crippen LogP contribution in [0.3, 0.4) is 0 Å². The minimum absolute atomic E-state index is 0.0987. The first kappa shape index (κ1) is 16.7. The lowest BCUT2D eigenvalue weighted by atomic mass is 9.90. The van der Waals surface area contributed by atoms with Crippen LogP contribution in [0.2, 0.25) is 0 Å². The molecule has 2 aromatic rings. The number of benzene rings is 1. The van der Waals surface area contributed by atoms with E-state index in [1.165, 1.54) is 12.1 Å². The van der Waals surface area contributed by atoms with E-state index in [-0.39, 0.29) is 11.2 Å². The molecule has 1 aromatic carbocycles. The second-order valence-corrected chi connectivity index (χ2v) is 6.35. The van der Waals surface area contributed by atoms with E-state index in [2.05, 4.69) is 32.1 Å². The van der Waals surface area contributed by atoms with Crippen molar-refractivity contribution < 1.29 is 13.5 Å². The summed E-state index contributed by atoms with van der Waals surface area (Å²) in [5.74, 6) is 0.792. The maximum atomic E-state index is 12.2. The van der Waals surface area contributed by atoms with E-state index in [1.807, 2.05) is 0 Å². The van der Waals surface area contributed by atoms with E-state index in [0.717, 1.165) is 19.5 Å². The third-order valence-corrected chi connectivity index (χ3v) is 4.34. The fourth-order valence-electron chi connectivity index (χ4n) is 2.90. The third-order valence-electron chi connectivity index (χ3n) is 4.34. The highest BCUT2D eigenvalue weighted by atomic mass is 19.3. The highest BCUT2D eigenvalue weighted by Crippen LogP contribution is 2.29. The molecule has 0 bridgehead atoms. The summed E-state index contributed by atoms with van der Waals surface area (Å²) in [5.41, 5.74) is 6.66. The van der Waals surface area contributed by atoms with Gasteiger partial charge in [-0.25, -0.2) is 0 Å². The smallest absolute Gasteiger partial charge is 0.387 e. The Bertz CT molecular complexity index is 677. The van der Waals surface area contributed by atoms with Gasteiger partial charge in [-0.2, -0.15) is 13.5 Å². The summed E-state index contributed by atoms with van der Waals surface area (Å²) < 4.78 is 30.4. The van der Waals surface area contributed by atoms with Crippen LogP contribution in [0.25, 0.3) is 5.69 Å². The summed E-state index contributed by atoms with van der Waals surface area (Å²) in [4.78, 5) is 2.27. The summed E-state index contributed by atoms with van der Waals surface area (Å²) >= 11 is 0. The van der Waals surface area contributed by atoms with Crippen LogP contribution < -0.4 is 10.5 Å². The van der Waals surface area contributed by atoms with Gasteiger partial charge >= 0.3 is 6.61 Å². The SMILES string of the molecule is CC1(CN)CCN(Cc2nnnn2-c2ccc(OC(F)F)cc2)C1. The van der Waals surface area contributed by atoms with Gasteiger partial charge in [-0.05, 0) is 59.6 Å². The predicted octanol–water partition coefficient (Wildman–Crippen LogP) is 1.43. The molecule has 0 radical (unpaired) electrons. The number of nitrogens with two attached hydrogens (primary N) is 1. The van der Waals surface area contributed by atoms with Gasteiger partial charge in [0.2, 0.25) is 0 Å². The molecule has 2 N–H and O–H groups in total. The van der Waals surface area contributed by atoms with Crippen molar-refractivity contribution in [3.63, 3.8) is 0 Å². The molecular weight excluding hydrogens is 318 g/mol. The van der Waals surface area contributed by atoms with Crippen molar-refractivity contribution in [3.05, 3.63) is 30.1 Å². The Balaban J connectivity index is 1.71. The second kappa shape index (κ2) is 6.78. The molecule has 7 nitrogen and oxygen atoms in total. The fourth-order valence-corrected chi connectivity index (χ4v) is 2.90. The molecule has 1 aromatic heterocycles. The second-order valence-electron chi connectivity index (χ2n) is 6.35. The summed E-state index contributed by atoms with van der Waals surface area (Å²) in [6.45, 7) is 2.45. The lowest BCUT2D eigenvalue weighted by Gasteiger charge is -2.22. The average Bonchev–Trinajstić information content (AvgIpc) is 3.16. The van der Waals surface area contributed by atoms with Crippen LogP contribution in [0.15, 0.2) is 24.3 Å². The first-order chi connectivity index (χ1) is 11.5. The number of ether oxygens (including phenoxy) is 1. The van der Waals surface area contributed by atoms with E-state index in [4.69, 9.17) is 5.73 Å². The normalized spacial score (nSPS) is 21.5. The monoisotopic (exact) mass is 338 g/mol. The number of tetrazole rings is 1. The van der Waals surface area contributed by atoms with Gasteiger partial charge in [0, 0.05) is 6.54 Å². The van der Waals surface area contributed by atoms with Crippen LogP contribution >= 0.6 is 0 Å². The Morgan fingerprint density at radius 1 is 1.33 bits per heavy atom. The molecule has 130 valence electrons. The molecule has 0 saturated carbocycles. The van der Waals surface area contributed by atoms with Crippen molar-refractivity contribution in [2.75, 3.05) is 19.6 Å². The number of rotatable bonds is 6. The van der Waals surface area contributed by atoms with Crippen molar-refractivity contribution in [1.82, 2.24) is 25.1 Å². The van der Waals surface area contributed by atoms with E-state index in [0.29, 0.717) is 24.6 Å². The predicted molar refractivity (Wildman–Crippen MR) is 82.8 cm³/mol. The maximum Gasteiger partial charge on any atom is 0.387 e. The van der Waals surface area contributed by atoms with Crippen molar-refractivity contribution in [2.45, 2.75) is 26.5 Å². The summed E-state index contributed by atoms with van der Waals surface area (Å²) in [6.07, 6.45) is 1.05. The third kappa shape index (κ3) is 3.68. The van der Waals surface area contributed by atoms with Gasteiger partial charge < -0.3 is 10.5 Å². The summed E-state index contributed by atoms with van der Waals surface area (Å²) in [5, 5.41) is 11.8. The highest BCUT2D eigenvalue weighted by Gasteiger charge is 2.33. The van der Waals surface area contributed by atoms with Gasteiger partial charge in [0.1, 0.15) is 5.75 Å². The average molecular weight is 338 g/mol. The number of halogens is 2. The fraction of sp³-hybridized carbons (Fsp3) is 0.533. The van der Waals surface area contributed by atoms with E-state index in [9.17, 15) is 8.78 Å².